The molecule has 0 radical (unpaired) electrons. The minimum atomic E-state index is -0.489. The van der Waals surface area contributed by atoms with Gasteiger partial charge in [-0.2, -0.15) is 0 Å². The van der Waals surface area contributed by atoms with E-state index in [4.69, 9.17) is 5.73 Å². The molecule has 104 valence electrons. The first-order valence-corrected chi connectivity index (χ1v) is 7.30. The van der Waals surface area contributed by atoms with Crippen LogP contribution in [0.25, 0.3) is 0 Å². The Balaban J connectivity index is 2.05. The summed E-state index contributed by atoms with van der Waals surface area (Å²) in [7, 11) is 0. The molecular formula is C15H28N2O. The van der Waals surface area contributed by atoms with Gasteiger partial charge < -0.3 is 10.6 Å². The van der Waals surface area contributed by atoms with Crippen LogP contribution in [0.3, 0.4) is 0 Å². The lowest BCUT2D eigenvalue weighted by Crippen LogP contribution is -2.57. The van der Waals surface area contributed by atoms with Crippen LogP contribution < -0.4 is 5.73 Å². The zero-order valence-corrected chi connectivity index (χ0v) is 12.3. The van der Waals surface area contributed by atoms with Crippen LogP contribution in [0, 0.1) is 17.3 Å². The monoisotopic (exact) mass is 252 g/mol. The van der Waals surface area contributed by atoms with Gasteiger partial charge in [-0.1, -0.05) is 0 Å². The van der Waals surface area contributed by atoms with E-state index in [2.05, 4.69) is 4.90 Å². The molecule has 1 amide bonds. The van der Waals surface area contributed by atoms with Gasteiger partial charge in [0.15, 0.2) is 0 Å². The lowest BCUT2D eigenvalue weighted by Gasteiger charge is -2.41. The number of nitrogens with zero attached hydrogens (tertiary/aromatic N) is 1. The molecule has 2 rings (SSSR count). The summed E-state index contributed by atoms with van der Waals surface area (Å²) in [6, 6.07) is 0. The van der Waals surface area contributed by atoms with Crippen molar-refractivity contribution in [2.24, 2.45) is 23.0 Å². The maximum absolute atomic E-state index is 12.8. The van der Waals surface area contributed by atoms with Crippen molar-refractivity contribution in [2.45, 2.75) is 58.9 Å². The standard InChI is InChI=1S/C15H28N2O/c1-14(2,15(3,4)16)13(18)17(9-11-5-6-11)10-12-7-8-12/h11-12H,5-10,16H2,1-4H3. The van der Waals surface area contributed by atoms with Crippen LogP contribution in [0.5, 0.6) is 0 Å². The van der Waals surface area contributed by atoms with Gasteiger partial charge in [-0.05, 0) is 65.2 Å². The topological polar surface area (TPSA) is 46.3 Å². The van der Waals surface area contributed by atoms with Crippen LogP contribution in [0.15, 0.2) is 0 Å². The number of carbonyl (C=O) groups excluding carboxylic acids is 1. The fourth-order valence-electron chi connectivity index (χ4n) is 2.14. The highest BCUT2D eigenvalue weighted by molar-refractivity contribution is 5.83. The van der Waals surface area contributed by atoms with E-state index in [0.29, 0.717) is 0 Å². The Hall–Kier alpha value is -0.570. The third-order valence-electron chi connectivity index (χ3n) is 4.78. The summed E-state index contributed by atoms with van der Waals surface area (Å²) in [6.45, 7) is 9.79. The molecule has 2 aliphatic rings. The summed E-state index contributed by atoms with van der Waals surface area (Å²) >= 11 is 0. The summed E-state index contributed by atoms with van der Waals surface area (Å²) in [5, 5.41) is 0. The Kier molecular flexibility index (Phi) is 3.48. The van der Waals surface area contributed by atoms with E-state index in [-0.39, 0.29) is 5.91 Å². The zero-order valence-electron chi connectivity index (χ0n) is 12.3. The van der Waals surface area contributed by atoms with Gasteiger partial charge in [-0.25, -0.2) is 0 Å². The van der Waals surface area contributed by atoms with Crippen molar-refractivity contribution in [2.75, 3.05) is 13.1 Å². The summed E-state index contributed by atoms with van der Waals surface area (Å²) < 4.78 is 0. The molecule has 3 nitrogen and oxygen atoms in total. The van der Waals surface area contributed by atoms with Crippen LogP contribution in [0.4, 0.5) is 0 Å². The summed E-state index contributed by atoms with van der Waals surface area (Å²) in [5.74, 6) is 1.75. The molecule has 2 fully saturated rings. The third kappa shape index (κ3) is 3.05. The first kappa shape index (κ1) is 13.9. The van der Waals surface area contributed by atoms with Crippen molar-refractivity contribution in [1.82, 2.24) is 4.90 Å². The van der Waals surface area contributed by atoms with E-state index in [1.807, 2.05) is 27.7 Å². The normalized spacial score (nSPS) is 20.9. The van der Waals surface area contributed by atoms with E-state index in [1.54, 1.807) is 0 Å². The number of hydrogen-bond donors (Lipinski definition) is 1. The highest BCUT2D eigenvalue weighted by Crippen LogP contribution is 2.37. The van der Waals surface area contributed by atoms with E-state index in [1.165, 1.54) is 25.7 Å². The molecule has 0 aromatic heterocycles. The molecule has 0 unspecified atom stereocenters. The first-order chi connectivity index (χ1) is 8.22. The van der Waals surface area contributed by atoms with Gasteiger partial charge in [0.05, 0.1) is 5.41 Å². The van der Waals surface area contributed by atoms with Crippen LogP contribution in [0.1, 0.15) is 53.4 Å². The van der Waals surface area contributed by atoms with Crippen molar-refractivity contribution >= 4 is 5.91 Å². The lowest BCUT2D eigenvalue weighted by atomic mass is 9.74. The molecular weight excluding hydrogens is 224 g/mol. The van der Waals surface area contributed by atoms with Crippen LogP contribution >= 0.6 is 0 Å². The number of amides is 1. The van der Waals surface area contributed by atoms with Crippen LogP contribution in [-0.2, 0) is 4.79 Å². The quantitative estimate of drug-likeness (QED) is 0.789. The Labute approximate surface area is 111 Å². The molecule has 0 spiro atoms. The average Bonchev–Trinajstić information content (AvgIpc) is 3.07. The fourth-order valence-corrected chi connectivity index (χ4v) is 2.14. The number of carbonyl (C=O) groups is 1. The van der Waals surface area contributed by atoms with Gasteiger partial charge >= 0.3 is 0 Å². The van der Waals surface area contributed by atoms with Gasteiger partial charge in [0, 0.05) is 18.6 Å². The average molecular weight is 252 g/mol. The molecule has 2 aliphatic carbocycles. The second-order valence-corrected chi connectivity index (χ2v) is 7.44. The van der Waals surface area contributed by atoms with Crippen molar-refractivity contribution in [3.8, 4) is 0 Å². The van der Waals surface area contributed by atoms with Gasteiger partial charge in [0.2, 0.25) is 5.91 Å². The molecule has 0 heterocycles. The summed E-state index contributed by atoms with van der Waals surface area (Å²) in [5.41, 5.74) is 5.23. The highest BCUT2D eigenvalue weighted by Gasteiger charge is 2.44. The predicted molar refractivity (Wildman–Crippen MR) is 74.1 cm³/mol. The van der Waals surface area contributed by atoms with Gasteiger partial charge in [-0.3, -0.25) is 4.79 Å². The zero-order chi connectivity index (χ0) is 13.6. The van der Waals surface area contributed by atoms with Gasteiger partial charge in [-0.15, -0.1) is 0 Å². The van der Waals surface area contributed by atoms with E-state index < -0.39 is 11.0 Å². The molecule has 0 bridgehead atoms. The molecule has 0 aromatic rings. The highest BCUT2D eigenvalue weighted by atomic mass is 16.2. The minimum Gasteiger partial charge on any atom is -0.342 e. The van der Waals surface area contributed by atoms with Crippen molar-refractivity contribution in [3.05, 3.63) is 0 Å². The maximum atomic E-state index is 12.8. The molecule has 18 heavy (non-hydrogen) atoms. The van der Waals surface area contributed by atoms with E-state index >= 15 is 0 Å². The second-order valence-electron chi connectivity index (χ2n) is 7.44. The lowest BCUT2D eigenvalue weighted by molar-refractivity contribution is -0.144. The van der Waals surface area contributed by atoms with Crippen molar-refractivity contribution < 1.29 is 4.79 Å². The maximum Gasteiger partial charge on any atom is 0.230 e. The molecule has 0 aromatic carbocycles. The first-order valence-electron chi connectivity index (χ1n) is 7.30. The minimum absolute atomic E-state index is 0.244. The SMILES string of the molecule is CC(C)(N)C(C)(C)C(=O)N(CC1CC1)CC1CC1. The Bertz CT molecular complexity index is 308. The number of nitrogens with two attached hydrogens (primary N) is 1. The molecule has 3 heteroatoms. The molecule has 0 atom stereocenters. The van der Waals surface area contributed by atoms with Gasteiger partial charge in [0.1, 0.15) is 0 Å². The van der Waals surface area contributed by atoms with Crippen molar-refractivity contribution in [1.29, 1.82) is 0 Å². The Morgan fingerprint density at radius 3 is 1.72 bits per heavy atom. The summed E-state index contributed by atoms with van der Waals surface area (Å²) in [4.78, 5) is 14.9. The second kappa shape index (κ2) is 4.52. The molecule has 2 N–H and O–H groups in total. The molecule has 0 aliphatic heterocycles. The summed E-state index contributed by atoms with van der Waals surface area (Å²) in [6.07, 6.45) is 5.17. The van der Waals surface area contributed by atoms with Crippen LogP contribution in [-0.4, -0.2) is 29.4 Å². The largest absolute Gasteiger partial charge is 0.342 e. The predicted octanol–water partition coefficient (Wildman–Crippen LogP) is 2.40. The number of rotatable bonds is 6. The van der Waals surface area contributed by atoms with E-state index in [0.717, 1.165) is 24.9 Å². The van der Waals surface area contributed by atoms with Crippen LogP contribution in [0.2, 0.25) is 0 Å². The van der Waals surface area contributed by atoms with E-state index in [9.17, 15) is 4.79 Å². The smallest absolute Gasteiger partial charge is 0.230 e. The van der Waals surface area contributed by atoms with Gasteiger partial charge in [0.25, 0.3) is 0 Å². The Morgan fingerprint density at radius 2 is 1.44 bits per heavy atom. The Morgan fingerprint density at radius 1 is 1.06 bits per heavy atom. The molecule has 0 saturated heterocycles. The molecule has 2 saturated carbocycles. The van der Waals surface area contributed by atoms with Crippen molar-refractivity contribution in [3.63, 3.8) is 0 Å². The fraction of sp³-hybridized carbons (Fsp3) is 0.933. The number of hydrogen-bond acceptors (Lipinski definition) is 2. The third-order valence-corrected chi connectivity index (χ3v) is 4.78.